The van der Waals surface area contributed by atoms with Gasteiger partial charge in [0.1, 0.15) is 5.60 Å². The van der Waals surface area contributed by atoms with Crippen molar-refractivity contribution in [2.24, 2.45) is 0 Å². The number of esters is 1. The topological polar surface area (TPSA) is 26.3 Å². The maximum Gasteiger partial charge on any atom is 0.306 e. The van der Waals surface area contributed by atoms with Crippen LogP contribution in [0.1, 0.15) is 38.3 Å². The summed E-state index contributed by atoms with van der Waals surface area (Å²) in [7, 11) is 0. The Morgan fingerprint density at radius 3 is 2.59 bits per heavy atom. The van der Waals surface area contributed by atoms with Crippen LogP contribution >= 0.6 is 0 Å². The predicted octanol–water partition coefficient (Wildman–Crippen LogP) is 3.60. The van der Waals surface area contributed by atoms with E-state index in [1.807, 2.05) is 51.1 Å². The highest BCUT2D eigenvalue weighted by Crippen LogP contribution is 2.14. The van der Waals surface area contributed by atoms with E-state index in [2.05, 4.69) is 6.58 Å². The van der Waals surface area contributed by atoms with E-state index >= 15 is 0 Å². The molecule has 0 aliphatic heterocycles. The highest BCUT2D eigenvalue weighted by molar-refractivity contribution is 5.70. The molecule has 0 spiro atoms. The first-order chi connectivity index (χ1) is 7.92. The quantitative estimate of drug-likeness (QED) is 0.741. The Kier molecular flexibility index (Phi) is 4.50. The second kappa shape index (κ2) is 5.67. The summed E-state index contributed by atoms with van der Waals surface area (Å²) in [5, 5.41) is 0. The second-order valence-electron chi connectivity index (χ2n) is 4.99. The molecule has 0 radical (unpaired) electrons. The van der Waals surface area contributed by atoms with Crippen molar-refractivity contribution in [3.63, 3.8) is 0 Å². The van der Waals surface area contributed by atoms with Gasteiger partial charge in [-0.3, -0.25) is 4.79 Å². The average molecular weight is 232 g/mol. The number of hydrogen-bond acceptors (Lipinski definition) is 2. The summed E-state index contributed by atoms with van der Waals surface area (Å²) >= 11 is 0. The van der Waals surface area contributed by atoms with Crippen LogP contribution in [0.4, 0.5) is 0 Å². The Hall–Kier alpha value is -1.57. The molecular formula is C15H20O2. The molecule has 0 aromatic heterocycles. The van der Waals surface area contributed by atoms with Crippen molar-refractivity contribution in [3.8, 4) is 0 Å². The van der Waals surface area contributed by atoms with Crippen molar-refractivity contribution in [2.45, 2.75) is 39.2 Å². The van der Waals surface area contributed by atoms with Gasteiger partial charge in [0, 0.05) is 6.42 Å². The van der Waals surface area contributed by atoms with Crippen LogP contribution in [-0.2, 0) is 16.0 Å². The van der Waals surface area contributed by atoms with E-state index < -0.39 is 5.60 Å². The van der Waals surface area contributed by atoms with Gasteiger partial charge in [-0.05, 0) is 38.3 Å². The summed E-state index contributed by atoms with van der Waals surface area (Å²) < 4.78 is 5.27. The molecule has 0 heterocycles. The third kappa shape index (κ3) is 4.85. The first-order valence-corrected chi connectivity index (χ1v) is 5.84. The second-order valence-corrected chi connectivity index (χ2v) is 4.99. The summed E-state index contributed by atoms with van der Waals surface area (Å²) in [5.41, 5.74) is 1.80. The number of carbonyl (C=O) groups is 1. The normalized spacial score (nSPS) is 11.0. The summed E-state index contributed by atoms with van der Waals surface area (Å²) in [6, 6.07) is 7.95. The van der Waals surface area contributed by atoms with Gasteiger partial charge in [-0.25, -0.2) is 0 Å². The fourth-order valence-electron chi connectivity index (χ4n) is 1.59. The van der Waals surface area contributed by atoms with Gasteiger partial charge in [0.05, 0.1) is 0 Å². The Morgan fingerprint density at radius 1 is 1.35 bits per heavy atom. The largest absolute Gasteiger partial charge is 0.460 e. The predicted molar refractivity (Wildman–Crippen MR) is 70.7 cm³/mol. The van der Waals surface area contributed by atoms with E-state index in [0.29, 0.717) is 12.8 Å². The van der Waals surface area contributed by atoms with Gasteiger partial charge in [-0.1, -0.05) is 36.9 Å². The number of ether oxygens (including phenoxy) is 1. The lowest BCUT2D eigenvalue weighted by Gasteiger charge is -2.19. The molecule has 0 saturated heterocycles. The van der Waals surface area contributed by atoms with Crippen LogP contribution in [0.25, 0.3) is 6.08 Å². The summed E-state index contributed by atoms with van der Waals surface area (Å²) in [6.07, 6.45) is 2.91. The minimum Gasteiger partial charge on any atom is -0.460 e. The maximum absolute atomic E-state index is 11.6. The van der Waals surface area contributed by atoms with E-state index in [4.69, 9.17) is 4.74 Å². The standard InChI is InChI=1S/C15H20O2/c1-5-12-8-6-7-9-13(12)10-11-14(16)17-15(2,3)4/h5-9H,1,10-11H2,2-4H3. The number of hydrogen-bond donors (Lipinski definition) is 0. The Morgan fingerprint density at radius 2 is 2.00 bits per heavy atom. The van der Waals surface area contributed by atoms with Crippen LogP contribution in [0, 0.1) is 0 Å². The molecule has 17 heavy (non-hydrogen) atoms. The van der Waals surface area contributed by atoms with Crippen LogP contribution in [-0.4, -0.2) is 11.6 Å². The molecule has 0 saturated carbocycles. The molecule has 1 aromatic rings. The molecule has 2 nitrogen and oxygen atoms in total. The maximum atomic E-state index is 11.6. The van der Waals surface area contributed by atoms with E-state index in [9.17, 15) is 4.79 Å². The molecule has 0 aliphatic carbocycles. The van der Waals surface area contributed by atoms with Gasteiger partial charge >= 0.3 is 5.97 Å². The molecule has 0 atom stereocenters. The highest BCUT2D eigenvalue weighted by Gasteiger charge is 2.16. The third-order valence-electron chi connectivity index (χ3n) is 2.29. The minimum atomic E-state index is -0.408. The lowest BCUT2D eigenvalue weighted by atomic mass is 10.0. The lowest BCUT2D eigenvalue weighted by molar-refractivity contribution is -0.154. The SMILES string of the molecule is C=Cc1ccccc1CCC(=O)OC(C)(C)C. The highest BCUT2D eigenvalue weighted by atomic mass is 16.6. The zero-order valence-corrected chi connectivity index (χ0v) is 10.8. The van der Waals surface area contributed by atoms with Gasteiger partial charge < -0.3 is 4.74 Å². The molecule has 0 fully saturated rings. The number of rotatable bonds is 4. The van der Waals surface area contributed by atoms with Gasteiger partial charge in [0.2, 0.25) is 0 Å². The van der Waals surface area contributed by atoms with Crippen molar-refractivity contribution in [1.82, 2.24) is 0 Å². The number of carbonyl (C=O) groups excluding carboxylic acids is 1. The Balaban J connectivity index is 2.56. The Labute approximate surface area is 103 Å². The molecule has 1 aromatic carbocycles. The first-order valence-electron chi connectivity index (χ1n) is 5.84. The van der Waals surface area contributed by atoms with E-state index in [-0.39, 0.29) is 5.97 Å². The summed E-state index contributed by atoms with van der Waals surface area (Å²) in [4.78, 5) is 11.6. The molecule has 2 heteroatoms. The molecular weight excluding hydrogens is 212 g/mol. The van der Waals surface area contributed by atoms with Crippen molar-refractivity contribution in [3.05, 3.63) is 42.0 Å². The zero-order valence-electron chi connectivity index (χ0n) is 10.8. The molecule has 0 unspecified atom stereocenters. The van der Waals surface area contributed by atoms with Gasteiger partial charge in [-0.15, -0.1) is 0 Å². The first kappa shape index (κ1) is 13.5. The Bertz CT molecular complexity index is 400. The van der Waals surface area contributed by atoms with E-state index in [0.717, 1.165) is 11.1 Å². The monoisotopic (exact) mass is 232 g/mol. The van der Waals surface area contributed by atoms with Crippen LogP contribution in [0.2, 0.25) is 0 Å². The van der Waals surface area contributed by atoms with E-state index in [1.165, 1.54) is 0 Å². The lowest BCUT2D eigenvalue weighted by Crippen LogP contribution is -2.24. The molecule has 1 rings (SSSR count). The van der Waals surface area contributed by atoms with E-state index in [1.54, 1.807) is 0 Å². The summed E-state index contributed by atoms with van der Waals surface area (Å²) in [5.74, 6) is -0.156. The fourth-order valence-corrected chi connectivity index (χ4v) is 1.59. The van der Waals surface area contributed by atoms with Crippen LogP contribution in [0.5, 0.6) is 0 Å². The van der Waals surface area contributed by atoms with Crippen molar-refractivity contribution in [2.75, 3.05) is 0 Å². The molecule has 0 amide bonds. The number of benzene rings is 1. The smallest absolute Gasteiger partial charge is 0.306 e. The molecule has 0 N–H and O–H groups in total. The minimum absolute atomic E-state index is 0.156. The molecule has 92 valence electrons. The van der Waals surface area contributed by atoms with Gasteiger partial charge in [-0.2, -0.15) is 0 Å². The van der Waals surface area contributed by atoms with Crippen LogP contribution < -0.4 is 0 Å². The fraction of sp³-hybridized carbons (Fsp3) is 0.400. The van der Waals surface area contributed by atoms with Crippen molar-refractivity contribution < 1.29 is 9.53 Å². The van der Waals surface area contributed by atoms with Gasteiger partial charge in [0.25, 0.3) is 0 Å². The molecule has 0 aliphatic rings. The van der Waals surface area contributed by atoms with Crippen LogP contribution in [0.15, 0.2) is 30.8 Å². The third-order valence-corrected chi connectivity index (χ3v) is 2.29. The van der Waals surface area contributed by atoms with Crippen molar-refractivity contribution in [1.29, 1.82) is 0 Å². The summed E-state index contributed by atoms with van der Waals surface area (Å²) in [6.45, 7) is 9.39. The molecule has 0 bridgehead atoms. The number of aryl methyl sites for hydroxylation is 1. The van der Waals surface area contributed by atoms with Gasteiger partial charge in [0.15, 0.2) is 0 Å². The van der Waals surface area contributed by atoms with Crippen LogP contribution in [0.3, 0.4) is 0 Å². The van der Waals surface area contributed by atoms with Crippen molar-refractivity contribution >= 4 is 12.0 Å². The zero-order chi connectivity index (χ0) is 12.9. The average Bonchev–Trinajstić information content (AvgIpc) is 2.24.